The average Bonchev–Trinajstić information content (AvgIpc) is 2.93. The molecule has 1 aromatic heterocycles. The van der Waals surface area contributed by atoms with E-state index in [2.05, 4.69) is 0 Å². The molecule has 1 amide bonds. The number of benzene rings is 1. The molecule has 1 aliphatic heterocycles. The first-order valence-electron chi connectivity index (χ1n) is 5.66. The molecule has 1 aliphatic rings. The van der Waals surface area contributed by atoms with Gasteiger partial charge in [-0.1, -0.05) is 6.07 Å². The fourth-order valence-electron chi connectivity index (χ4n) is 2.23. The summed E-state index contributed by atoms with van der Waals surface area (Å²) < 4.78 is 27.0. The van der Waals surface area contributed by atoms with Gasteiger partial charge in [-0.3, -0.25) is 4.79 Å². The number of hydrogen-bond acceptors (Lipinski definition) is 3. The second kappa shape index (κ2) is 4.40. The normalized spacial score (nSPS) is 17.9. The Bertz CT molecular complexity index is 642. The standard InChI is InChI=1S/C13H10F2N2OS/c14-7-4-9(15)11-10(5-7)17(13(18)12(11)16)6-8-2-1-3-19-8/h1-5,12H,6,16H2. The van der Waals surface area contributed by atoms with Gasteiger partial charge in [0.25, 0.3) is 0 Å². The van der Waals surface area contributed by atoms with Crippen molar-refractivity contribution in [3.63, 3.8) is 0 Å². The van der Waals surface area contributed by atoms with Crippen molar-refractivity contribution in [1.82, 2.24) is 0 Å². The molecule has 1 atom stereocenters. The smallest absolute Gasteiger partial charge is 0.249 e. The van der Waals surface area contributed by atoms with Gasteiger partial charge in [-0.15, -0.1) is 11.3 Å². The Morgan fingerprint density at radius 1 is 1.37 bits per heavy atom. The number of fused-ring (bicyclic) bond motifs is 1. The first-order chi connectivity index (χ1) is 9.08. The van der Waals surface area contributed by atoms with Crippen molar-refractivity contribution in [2.45, 2.75) is 12.6 Å². The Balaban J connectivity index is 2.06. The Hall–Kier alpha value is -1.79. The summed E-state index contributed by atoms with van der Waals surface area (Å²) in [6.07, 6.45) is 0. The van der Waals surface area contributed by atoms with E-state index in [0.29, 0.717) is 0 Å². The van der Waals surface area contributed by atoms with Crippen LogP contribution in [0.2, 0.25) is 0 Å². The minimum atomic E-state index is -1.06. The van der Waals surface area contributed by atoms with Gasteiger partial charge < -0.3 is 10.6 Å². The van der Waals surface area contributed by atoms with Crippen molar-refractivity contribution in [3.8, 4) is 0 Å². The lowest BCUT2D eigenvalue weighted by atomic mass is 10.1. The number of carbonyl (C=O) groups is 1. The quantitative estimate of drug-likeness (QED) is 0.919. The number of halogens is 2. The summed E-state index contributed by atoms with van der Waals surface area (Å²) >= 11 is 1.47. The Labute approximate surface area is 112 Å². The molecule has 2 heterocycles. The number of hydrogen-bond donors (Lipinski definition) is 1. The highest BCUT2D eigenvalue weighted by atomic mass is 32.1. The first kappa shape index (κ1) is 12.3. The topological polar surface area (TPSA) is 46.3 Å². The van der Waals surface area contributed by atoms with Crippen LogP contribution in [0.4, 0.5) is 14.5 Å². The Morgan fingerprint density at radius 2 is 2.16 bits per heavy atom. The van der Waals surface area contributed by atoms with Gasteiger partial charge >= 0.3 is 0 Å². The van der Waals surface area contributed by atoms with E-state index in [0.717, 1.165) is 17.0 Å². The van der Waals surface area contributed by atoms with E-state index in [4.69, 9.17) is 5.73 Å². The van der Waals surface area contributed by atoms with Crippen LogP contribution >= 0.6 is 11.3 Å². The van der Waals surface area contributed by atoms with Gasteiger partial charge in [0.05, 0.1) is 12.2 Å². The summed E-state index contributed by atoms with van der Waals surface area (Å²) in [5.41, 5.74) is 6.01. The molecule has 0 spiro atoms. The molecule has 3 nitrogen and oxygen atoms in total. The first-order valence-corrected chi connectivity index (χ1v) is 6.54. The minimum absolute atomic E-state index is 0.0722. The maximum Gasteiger partial charge on any atom is 0.249 e. The number of amides is 1. The second-order valence-electron chi connectivity index (χ2n) is 4.30. The summed E-state index contributed by atoms with van der Waals surface area (Å²) in [5.74, 6) is -1.90. The van der Waals surface area contributed by atoms with Gasteiger partial charge in [-0.05, 0) is 17.5 Å². The highest BCUT2D eigenvalue weighted by Crippen LogP contribution is 2.38. The highest BCUT2D eigenvalue weighted by molar-refractivity contribution is 7.09. The third-order valence-electron chi connectivity index (χ3n) is 3.10. The van der Waals surface area contributed by atoms with E-state index in [1.807, 2.05) is 17.5 Å². The highest BCUT2D eigenvalue weighted by Gasteiger charge is 2.37. The van der Waals surface area contributed by atoms with Crippen LogP contribution in [-0.4, -0.2) is 5.91 Å². The van der Waals surface area contributed by atoms with Crippen LogP contribution in [-0.2, 0) is 11.3 Å². The zero-order valence-corrected chi connectivity index (χ0v) is 10.6. The van der Waals surface area contributed by atoms with Gasteiger partial charge in [0.15, 0.2) is 0 Å². The van der Waals surface area contributed by atoms with E-state index in [1.165, 1.54) is 16.2 Å². The largest absolute Gasteiger partial charge is 0.316 e. The summed E-state index contributed by atoms with van der Waals surface area (Å²) in [6, 6.07) is 4.55. The molecular weight excluding hydrogens is 270 g/mol. The van der Waals surface area contributed by atoms with Crippen LogP contribution < -0.4 is 10.6 Å². The summed E-state index contributed by atoms with van der Waals surface area (Å²) in [7, 11) is 0. The van der Waals surface area contributed by atoms with Crippen LogP contribution in [0.5, 0.6) is 0 Å². The summed E-state index contributed by atoms with van der Waals surface area (Å²) in [5, 5.41) is 1.88. The van der Waals surface area contributed by atoms with E-state index in [-0.39, 0.29) is 17.8 Å². The SMILES string of the molecule is NC1C(=O)N(Cc2cccs2)c2cc(F)cc(F)c21. The number of nitrogens with two attached hydrogens (primary N) is 1. The van der Waals surface area contributed by atoms with Gasteiger partial charge in [-0.2, -0.15) is 0 Å². The molecule has 1 unspecified atom stereocenters. The van der Waals surface area contributed by atoms with E-state index >= 15 is 0 Å². The molecule has 1 aromatic carbocycles. The van der Waals surface area contributed by atoms with Gasteiger partial charge in [0.1, 0.15) is 17.7 Å². The molecule has 0 saturated carbocycles. The van der Waals surface area contributed by atoms with Crippen molar-refractivity contribution < 1.29 is 13.6 Å². The van der Waals surface area contributed by atoms with E-state index < -0.39 is 23.6 Å². The van der Waals surface area contributed by atoms with Crippen molar-refractivity contribution >= 4 is 22.9 Å². The van der Waals surface area contributed by atoms with Crippen molar-refractivity contribution in [3.05, 3.63) is 51.7 Å². The number of thiophene rings is 1. The maximum atomic E-state index is 13.7. The molecule has 0 bridgehead atoms. The lowest BCUT2D eigenvalue weighted by Crippen LogP contribution is -2.31. The van der Waals surface area contributed by atoms with Crippen LogP contribution in [0.3, 0.4) is 0 Å². The van der Waals surface area contributed by atoms with Crippen LogP contribution in [0.1, 0.15) is 16.5 Å². The minimum Gasteiger partial charge on any atom is -0.316 e. The van der Waals surface area contributed by atoms with E-state index in [9.17, 15) is 13.6 Å². The zero-order chi connectivity index (χ0) is 13.6. The Morgan fingerprint density at radius 3 is 2.84 bits per heavy atom. The van der Waals surface area contributed by atoms with Crippen molar-refractivity contribution in [2.24, 2.45) is 5.73 Å². The molecular formula is C13H10F2N2OS. The summed E-state index contributed by atoms with van der Waals surface area (Å²) in [4.78, 5) is 14.3. The number of anilines is 1. The molecule has 3 rings (SSSR count). The third-order valence-corrected chi connectivity index (χ3v) is 3.96. The average molecular weight is 280 g/mol. The molecule has 0 fully saturated rings. The van der Waals surface area contributed by atoms with Crippen molar-refractivity contribution in [1.29, 1.82) is 0 Å². The molecule has 98 valence electrons. The molecule has 19 heavy (non-hydrogen) atoms. The van der Waals surface area contributed by atoms with Gasteiger partial charge in [0.2, 0.25) is 5.91 Å². The predicted octanol–water partition coefficient (Wildman–Crippen LogP) is 2.57. The van der Waals surface area contributed by atoms with Gasteiger partial charge in [0, 0.05) is 16.5 Å². The molecule has 0 radical (unpaired) electrons. The van der Waals surface area contributed by atoms with Crippen LogP contribution in [0.25, 0.3) is 0 Å². The monoisotopic (exact) mass is 280 g/mol. The van der Waals surface area contributed by atoms with Crippen LogP contribution in [0.15, 0.2) is 29.6 Å². The lowest BCUT2D eigenvalue weighted by Gasteiger charge is -2.16. The number of rotatable bonds is 2. The van der Waals surface area contributed by atoms with Crippen LogP contribution in [0, 0.1) is 11.6 Å². The molecule has 6 heteroatoms. The number of nitrogens with zero attached hydrogens (tertiary/aromatic N) is 1. The third kappa shape index (κ3) is 1.93. The molecule has 2 aromatic rings. The fraction of sp³-hybridized carbons (Fsp3) is 0.154. The summed E-state index contributed by atoms with van der Waals surface area (Å²) in [6.45, 7) is 0.278. The van der Waals surface area contributed by atoms with E-state index in [1.54, 1.807) is 0 Å². The second-order valence-corrected chi connectivity index (χ2v) is 5.33. The molecule has 0 aliphatic carbocycles. The predicted molar refractivity (Wildman–Crippen MR) is 68.8 cm³/mol. The maximum absolute atomic E-state index is 13.7. The fourth-order valence-corrected chi connectivity index (χ4v) is 2.93. The lowest BCUT2D eigenvalue weighted by molar-refractivity contribution is -0.119. The molecule has 0 saturated heterocycles. The molecule has 2 N–H and O–H groups in total. The van der Waals surface area contributed by atoms with Gasteiger partial charge in [-0.25, -0.2) is 8.78 Å². The Kier molecular flexibility index (Phi) is 2.83. The van der Waals surface area contributed by atoms with Crippen molar-refractivity contribution in [2.75, 3.05) is 4.90 Å². The number of carbonyl (C=O) groups excluding carboxylic acids is 1. The zero-order valence-electron chi connectivity index (χ0n) is 9.77.